The maximum atomic E-state index is 12.4. The van der Waals surface area contributed by atoms with Gasteiger partial charge < -0.3 is 10.1 Å². The molecule has 3 rings (SSSR count). The van der Waals surface area contributed by atoms with Gasteiger partial charge in [-0.15, -0.1) is 0 Å². The lowest BCUT2D eigenvalue weighted by molar-refractivity contribution is 0.102. The largest absolute Gasteiger partial charge is 0.489 e. The van der Waals surface area contributed by atoms with Crippen LogP contribution in [0.1, 0.15) is 15.9 Å². The molecule has 0 atom stereocenters. The van der Waals surface area contributed by atoms with E-state index in [1.165, 1.54) is 0 Å². The summed E-state index contributed by atoms with van der Waals surface area (Å²) in [6.45, 7) is 0.344. The van der Waals surface area contributed by atoms with Gasteiger partial charge in [-0.25, -0.2) is 0 Å². The third kappa shape index (κ3) is 4.84. The molecule has 0 bridgehead atoms. The van der Waals surface area contributed by atoms with Crippen molar-refractivity contribution in [1.29, 1.82) is 0 Å². The first-order valence-electron chi connectivity index (χ1n) is 7.65. The van der Waals surface area contributed by atoms with Crippen LogP contribution in [0.3, 0.4) is 0 Å². The summed E-state index contributed by atoms with van der Waals surface area (Å²) < 4.78 is 6.67. The molecule has 0 aliphatic heterocycles. The van der Waals surface area contributed by atoms with E-state index in [0.717, 1.165) is 15.7 Å². The van der Waals surface area contributed by atoms with Gasteiger partial charge in [0.15, 0.2) is 0 Å². The summed E-state index contributed by atoms with van der Waals surface area (Å²) >= 11 is 9.51. The van der Waals surface area contributed by atoms with Crippen molar-refractivity contribution in [3.8, 4) is 5.75 Å². The van der Waals surface area contributed by atoms with E-state index in [4.69, 9.17) is 16.3 Å². The van der Waals surface area contributed by atoms with Crippen molar-refractivity contribution in [1.82, 2.24) is 0 Å². The Morgan fingerprint density at radius 2 is 1.80 bits per heavy atom. The Hall–Kier alpha value is -2.30. The number of rotatable bonds is 5. The maximum Gasteiger partial charge on any atom is 0.255 e. The maximum absolute atomic E-state index is 12.4. The molecular formula is C20H15BrClNO2. The van der Waals surface area contributed by atoms with Gasteiger partial charge in [-0.1, -0.05) is 57.9 Å². The van der Waals surface area contributed by atoms with E-state index in [-0.39, 0.29) is 5.91 Å². The highest BCUT2D eigenvalue weighted by atomic mass is 79.9. The molecule has 0 saturated heterocycles. The van der Waals surface area contributed by atoms with Gasteiger partial charge in [-0.05, 0) is 42.5 Å². The average Bonchev–Trinajstić information content (AvgIpc) is 2.61. The van der Waals surface area contributed by atoms with Crippen molar-refractivity contribution in [2.45, 2.75) is 6.61 Å². The number of carbonyl (C=O) groups is 1. The van der Waals surface area contributed by atoms with Crippen molar-refractivity contribution in [3.63, 3.8) is 0 Å². The van der Waals surface area contributed by atoms with Crippen molar-refractivity contribution in [3.05, 3.63) is 93.4 Å². The minimum Gasteiger partial charge on any atom is -0.489 e. The number of carbonyl (C=O) groups excluding carboxylic acids is 1. The van der Waals surface area contributed by atoms with Gasteiger partial charge >= 0.3 is 0 Å². The zero-order valence-corrected chi connectivity index (χ0v) is 15.5. The van der Waals surface area contributed by atoms with Gasteiger partial charge in [0.25, 0.3) is 5.91 Å². The van der Waals surface area contributed by atoms with E-state index in [1.54, 1.807) is 18.2 Å². The molecule has 126 valence electrons. The van der Waals surface area contributed by atoms with Crippen molar-refractivity contribution in [2.24, 2.45) is 0 Å². The molecular weight excluding hydrogens is 402 g/mol. The summed E-state index contributed by atoms with van der Waals surface area (Å²) in [7, 11) is 0. The standard InChI is InChI=1S/C20H15BrClNO2/c21-16-7-4-8-17(12-16)23-20(24)14-6-3-9-18(11-14)25-13-15-5-1-2-10-19(15)22/h1-12H,13H2,(H,23,24). The van der Waals surface area contributed by atoms with Crippen LogP contribution in [-0.4, -0.2) is 5.91 Å². The second kappa shape index (κ2) is 8.19. The van der Waals surface area contributed by atoms with E-state index in [1.807, 2.05) is 54.6 Å². The monoisotopic (exact) mass is 415 g/mol. The molecule has 1 N–H and O–H groups in total. The van der Waals surface area contributed by atoms with Gasteiger partial charge in [-0.2, -0.15) is 0 Å². The number of halogens is 2. The summed E-state index contributed by atoms with van der Waals surface area (Å²) in [6, 6.07) is 22.0. The Morgan fingerprint density at radius 3 is 2.60 bits per heavy atom. The van der Waals surface area contributed by atoms with Gasteiger partial charge in [0.1, 0.15) is 12.4 Å². The molecule has 0 fully saturated rings. The van der Waals surface area contributed by atoms with Gasteiger partial charge in [0.05, 0.1) is 0 Å². The van der Waals surface area contributed by atoms with Gasteiger partial charge in [0.2, 0.25) is 0 Å². The fraction of sp³-hybridized carbons (Fsp3) is 0.0500. The van der Waals surface area contributed by atoms with Crippen LogP contribution in [0.25, 0.3) is 0 Å². The number of hydrogen-bond donors (Lipinski definition) is 1. The Labute approximate surface area is 159 Å². The van der Waals surface area contributed by atoms with Crippen LogP contribution in [0.4, 0.5) is 5.69 Å². The summed E-state index contributed by atoms with van der Waals surface area (Å²) in [5.74, 6) is 0.420. The highest BCUT2D eigenvalue weighted by molar-refractivity contribution is 9.10. The predicted octanol–water partition coefficient (Wildman–Crippen LogP) is 5.93. The molecule has 1 amide bonds. The summed E-state index contributed by atoms with van der Waals surface area (Å²) in [5.41, 5.74) is 2.14. The number of anilines is 1. The van der Waals surface area contributed by atoms with Crippen molar-refractivity contribution >= 4 is 39.1 Å². The van der Waals surface area contributed by atoms with Crippen LogP contribution in [0.5, 0.6) is 5.75 Å². The number of nitrogens with one attached hydrogen (secondary N) is 1. The first kappa shape index (κ1) is 17.5. The highest BCUT2D eigenvalue weighted by Crippen LogP contribution is 2.21. The Morgan fingerprint density at radius 1 is 1.00 bits per heavy atom. The highest BCUT2D eigenvalue weighted by Gasteiger charge is 2.08. The molecule has 25 heavy (non-hydrogen) atoms. The minimum atomic E-state index is -0.193. The van der Waals surface area contributed by atoms with E-state index in [0.29, 0.717) is 22.9 Å². The number of amides is 1. The van der Waals surface area contributed by atoms with Crippen LogP contribution in [0, 0.1) is 0 Å². The normalized spacial score (nSPS) is 10.3. The topological polar surface area (TPSA) is 38.3 Å². The third-order valence-electron chi connectivity index (χ3n) is 3.53. The molecule has 5 heteroatoms. The molecule has 0 unspecified atom stereocenters. The van der Waals surface area contributed by atoms with Gasteiger partial charge in [0, 0.05) is 26.3 Å². The zero-order valence-electron chi connectivity index (χ0n) is 13.2. The quantitative estimate of drug-likeness (QED) is 0.559. The smallest absolute Gasteiger partial charge is 0.255 e. The van der Waals surface area contributed by atoms with Crippen LogP contribution < -0.4 is 10.1 Å². The molecule has 3 nitrogen and oxygen atoms in total. The van der Waals surface area contributed by atoms with E-state index in [9.17, 15) is 4.79 Å². The van der Waals surface area contributed by atoms with E-state index in [2.05, 4.69) is 21.2 Å². The van der Waals surface area contributed by atoms with E-state index >= 15 is 0 Å². The van der Waals surface area contributed by atoms with Crippen molar-refractivity contribution in [2.75, 3.05) is 5.32 Å². The van der Waals surface area contributed by atoms with Crippen LogP contribution in [0.15, 0.2) is 77.3 Å². The van der Waals surface area contributed by atoms with Crippen molar-refractivity contribution < 1.29 is 9.53 Å². The SMILES string of the molecule is O=C(Nc1cccc(Br)c1)c1cccc(OCc2ccccc2Cl)c1. The minimum absolute atomic E-state index is 0.193. The fourth-order valence-corrected chi connectivity index (χ4v) is 2.86. The third-order valence-corrected chi connectivity index (χ3v) is 4.39. The number of hydrogen-bond acceptors (Lipinski definition) is 2. The Kier molecular flexibility index (Phi) is 5.74. The molecule has 0 aromatic heterocycles. The van der Waals surface area contributed by atoms with Crippen LogP contribution in [0.2, 0.25) is 5.02 Å². The molecule has 0 heterocycles. The van der Waals surface area contributed by atoms with E-state index < -0.39 is 0 Å². The predicted molar refractivity (Wildman–Crippen MR) is 104 cm³/mol. The molecule has 3 aromatic rings. The second-order valence-corrected chi connectivity index (χ2v) is 6.70. The number of ether oxygens (including phenoxy) is 1. The van der Waals surface area contributed by atoms with Gasteiger partial charge in [-0.3, -0.25) is 4.79 Å². The molecule has 0 radical (unpaired) electrons. The molecule has 3 aromatic carbocycles. The summed E-state index contributed by atoms with van der Waals surface area (Å²) in [4.78, 5) is 12.4. The summed E-state index contributed by atoms with van der Waals surface area (Å²) in [5, 5.41) is 3.52. The molecule has 0 aliphatic carbocycles. The molecule has 0 saturated carbocycles. The first-order valence-corrected chi connectivity index (χ1v) is 8.82. The second-order valence-electron chi connectivity index (χ2n) is 5.37. The Bertz CT molecular complexity index is 898. The first-order chi connectivity index (χ1) is 12.1. The van der Waals surface area contributed by atoms with Crippen LogP contribution in [-0.2, 0) is 6.61 Å². The molecule has 0 spiro atoms. The number of benzene rings is 3. The molecule has 0 aliphatic rings. The Balaban J connectivity index is 1.68. The fourth-order valence-electron chi connectivity index (χ4n) is 2.27. The lowest BCUT2D eigenvalue weighted by atomic mass is 10.2. The lowest BCUT2D eigenvalue weighted by Crippen LogP contribution is -2.12. The average molecular weight is 417 g/mol. The lowest BCUT2D eigenvalue weighted by Gasteiger charge is -2.10. The zero-order chi connectivity index (χ0) is 17.6. The summed E-state index contributed by atoms with van der Waals surface area (Å²) in [6.07, 6.45) is 0. The van der Waals surface area contributed by atoms with Crippen LogP contribution >= 0.6 is 27.5 Å².